The summed E-state index contributed by atoms with van der Waals surface area (Å²) in [6.45, 7) is 3.65. The van der Waals surface area contributed by atoms with Crippen LogP contribution >= 0.6 is 0 Å². The summed E-state index contributed by atoms with van der Waals surface area (Å²) in [4.78, 5) is 22.5. The number of carbonyl (C=O) groups is 2. The van der Waals surface area contributed by atoms with Gasteiger partial charge in [0.15, 0.2) is 0 Å². The fourth-order valence-electron chi connectivity index (χ4n) is 1.21. The summed E-state index contributed by atoms with van der Waals surface area (Å²) < 4.78 is 0. The van der Waals surface area contributed by atoms with E-state index in [0.717, 1.165) is 0 Å². The second-order valence-corrected chi connectivity index (χ2v) is 4.25. The number of nitrogens with two attached hydrogens (primary N) is 2. The predicted molar refractivity (Wildman–Crippen MR) is 52.1 cm³/mol. The number of carbonyl (C=O) groups excluding carboxylic acids is 2. The van der Waals surface area contributed by atoms with Gasteiger partial charge in [-0.1, -0.05) is 13.8 Å². The Morgan fingerprint density at radius 3 is 2.14 bits per heavy atom. The average molecular weight is 199 g/mol. The molecule has 1 aliphatic rings. The maximum absolute atomic E-state index is 11.5. The Bertz CT molecular complexity index is 259. The Balaban J connectivity index is 2.56. The number of hydrogen-bond acceptors (Lipinski definition) is 3. The minimum Gasteiger partial charge on any atom is -0.368 e. The Morgan fingerprint density at radius 2 is 1.86 bits per heavy atom. The largest absolute Gasteiger partial charge is 0.368 e. The molecule has 1 rings (SSSR count). The summed E-state index contributed by atoms with van der Waals surface area (Å²) >= 11 is 0. The van der Waals surface area contributed by atoms with Gasteiger partial charge in [-0.3, -0.25) is 9.59 Å². The summed E-state index contributed by atoms with van der Waals surface area (Å²) in [5, 5.41) is 2.58. The number of hydrogen-bond donors (Lipinski definition) is 3. The molecule has 0 spiro atoms. The van der Waals surface area contributed by atoms with Gasteiger partial charge in [0.2, 0.25) is 11.8 Å². The van der Waals surface area contributed by atoms with Gasteiger partial charge in [0.25, 0.3) is 0 Å². The molecule has 1 fully saturated rings. The van der Waals surface area contributed by atoms with Crippen molar-refractivity contribution in [3.8, 4) is 0 Å². The van der Waals surface area contributed by atoms with Gasteiger partial charge in [-0.15, -0.1) is 0 Å². The van der Waals surface area contributed by atoms with Crippen LogP contribution in [0.4, 0.5) is 0 Å². The highest BCUT2D eigenvalue weighted by Gasteiger charge is 2.46. The van der Waals surface area contributed by atoms with Crippen molar-refractivity contribution in [3.63, 3.8) is 0 Å². The Morgan fingerprint density at radius 1 is 1.36 bits per heavy atom. The Kier molecular flexibility index (Phi) is 2.80. The third-order valence-electron chi connectivity index (χ3n) is 2.50. The predicted octanol–water partition coefficient (Wildman–Crippen LogP) is -0.896. The second-order valence-electron chi connectivity index (χ2n) is 4.25. The number of nitrogens with one attached hydrogen (secondary N) is 1. The molecule has 14 heavy (non-hydrogen) atoms. The smallest absolute Gasteiger partial charge is 0.240 e. The molecule has 0 aromatic carbocycles. The zero-order chi connectivity index (χ0) is 10.9. The lowest BCUT2D eigenvalue weighted by Gasteiger charge is -2.20. The molecule has 0 bridgehead atoms. The van der Waals surface area contributed by atoms with Crippen LogP contribution in [-0.4, -0.2) is 23.4 Å². The molecular formula is C9H17N3O2. The summed E-state index contributed by atoms with van der Waals surface area (Å²) in [6.07, 6.45) is 1.37. The summed E-state index contributed by atoms with van der Waals surface area (Å²) in [7, 11) is 0. The van der Waals surface area contributed by atoms with Gasteiger partial charge >= 0.3 is 0 Å². The van der Waals surface area contributed by atoms with Crippen molar-refractivity contribution in [2.24, 2.45) is 17.4 Å². The van der Waals surface area contributed by atoms with Crippen LogP contribution in [0.1, 0.15) is 26.7 Å². The van der Waals surface area contributed by atoms with Crippen LogP contribution < -0.4 is 16.8 Å². The van der Waals surface area contributed by atoms with Crippen molar-refractivity contribution in [2.45, 2.75) is 38.3 Å². The number of primary amides is 1. The van der Waals surface area contributed by atoms with Crippen molar-refractivity contribution in [3.05, 3.63) is 0 Å². The summed E-state index contributed by atoms with van der Waals surface area (Å²) in [5.74, 6) is -0.800. The minimum atomic E-state index is -0.747. The van der Waals surface area contributed by atoms with Gasteiger partial charge in [0.05, 0.1) is 5.54 Å². The first kappa shape index (κ1) is 11.0. The molecule has 0 aromatic rings. The molecule has 1 aliphatic carbocycles. The molecule has 0 saturated heterocycles. The molecule has 1 saturated carbocycles. The molecule has 0 radical (unpaired) electrons. The van der Waals surface area contributed by atoms with Crippen LogP contribution in [0.2, 0.25) is 0 Å². The van der Waals surface area contributed by atoms with Crippen molar-refractivity contribution >= 4 is 11.8 Å². The van der Waals surface area contributed by atoms with E-state index >= 15 is 0 Å². The molecule has 5 heteroatoms. The molecular weight excluding hydrogens is 182 g/mol. The van der Waals surface area contributed by atoms with Gasteiger partial charge in [-0.2, -0.15) is 0 Å². The average Bonchev–Trinajstić information content (AvgIpc) is 2.79. The molecule has 0 aliphatic heterocycles. The van der Waals surface area contributed by atoms with Crippen LogP contribution in [0.5, 0.6) is 0 Å². The molecule has 5 N–H and O–H groups in total. The molecule has 0 aromatic heterocycles. The van der Waals surface area contributed by atoms with Crippen molar-refractivity contribution in [1.82, 2.24) is 5.32 Å². The van der Waals surface area contributed by atoms with E-state index in [1.54, 1.807) is 0 Å². The van der Waals surface area contributed by atoms with Gasteiger partial charge in [-0.25, -0.2) is 0 Å². The highest BCUT2D eigenvalue weighted by atomic mass is 16.2. The normalized spacial score (nSPS) is 20.3. The molecule has 1 unspecified atom stereocenters. The first-order valence-corrected chi connectivity index (χ1v) is 4.76. The van der Waals surface area contributed by atoms with Gasteiger partial charge in [0, 0.05) is 0 Å². The maximum Gasteiger partial charge on any atom is 0.240 e. The lowest BCUT2D eigenvalue weighted by atomic mass is 10.0. The first-order valence-electron chi connectivity index (χ1n) is 4.76. The van der Waals surface area contributed by atoms with E-state index in [0.29, 0.717) is 12.8 Å². The van der Waals surface area contributed by atoms with E-state index in [1.165, 1.54) is 0 Å². The van der Waals surface area contributed by atoms with Crippen molar-refractivity contribution < 1.29 is 9.59 Å². The molecule has 80 valence electrons. The van der Waals surface area contributed by atoms with Crippen LogP contribution in [0.3, 0.4) is 0 Å². The quantitative estimate of drug-likeness (QED) is 0.547. The fraction of sp³-hybridized carbons (Fsp3) is 0.778. The third kappa shape index (κ3) is 2.23. The molecule has 5 nitrogen and oxygen atoms in total. The maximum atomic E-state index is 11.5. The van der Waals surface area contributed by atoms with E-state index in [2.05, 4.69) is 5.32 Å². The first-order chi connectivity index (χ1) is 6.37. The zero-order valence-electron chi connectivity index (χ0n) is 8.54. The van der Waals surface area contributed by atoms with E-state index in [-0.39, 0.29) is 11.8 Å². The number of rotatable bonds is 4. The highest BCUT2D eigenvalue weighted by molar-refractivity contribution is 5.93. The zero-order valence-corrected chi connectivity index (χ0v) is 8.54. The Labute approximate surface area is 83.2 Å². The monoisotopic (exact) mass is 199 g/mol. The minimum absolute atomic E-state index is 0.0150. The van der Waals surface area contributed by atoms with Crippen LogP contribution in [-0.2, 0) is 9.59 Å². The van der Waals surface area contributed by atoms with Gasteiger partial charge in [-0.05, 0) is 18.8 Å². The second kappa shape index (κ2) is 3.57. The highest BCUT2D eigenvalue weighted by Crippen LogP contribution is 2.32. The topological polar surface area (TPSA) is 98.2 Å². The fourth-order valence-corrected chi connectivity index (χ4v) is 1.21. The van der Waals surface area contributed by atoms with Gasteiger partial charge in [0.1, 0.15) is 6.04 Å². The van der Waals surface area contributed by atoms with E-state index < -0.39 is 17.5 Å². The van der Waals surface area contributed by atoms with Crippen molar-refractivity contribution in [2.75, 3.05) is 0 Å². The molecule has 2 amide bonds. The van der Waals surface area contributed by atoms with E-state index in [4.69, 9.17) is 11.5 Å². The SMILES string of the molecule is CC(C)C(NC(=O)C1(N)CC1)C(N)=O. The standard InChI is InChI=1S/C9H17N3O2/c1-5(2)6(7(10)13)12-8(14)9(11)3-4-9/h5-6H,3-4,11H2,1-2H3,(H2,10,13)(H,12,14). The number of amides is 2. The lowest BCUT2D eigenvalue weighted by molar-refractivity contribution is -0.129. The van der Waals surface area contributed by atoms with E-state index in [1.807, 2.05) is 13.8 Å². The summed E-state index contributed by atoms with van der Waals surface area (Å²) in [6, 6.07) is -0.622. The third-order valence-corrected chi connectivity index (χ3v) is 2.50. The van der Waals surface area contributed by atoms with Crippen LogP contribution in [0.15, 0.2) is 0 Å². The molecule has 0 heterocycles. The molecule has 1 atom stereocenters. The van der Waals surface area contributed by atoms with E-state index in [9.17, 15) is 9.59 Å². The lowest BCUT2D eigenvalue weighted by Crippen LogP contribution is -2.53. The van der Waals surface area contributed by atoms with Crippen LogP contribution in [0.25, 0.3) is 0 Å². The van der Waals surface area contributed by atoms with Gasteiger partial charge < -0.3 is 16.8 Å². The summed E-state index contributed by atoms with van der Waals surface area (Å²) in [5.41, 5.74) is 10.1. The van der Waals surface area contributed by atoms with Crippen LogP contribution in [0, 0.1) is 5.92 Å². The Hall–Kier alpha value is -1.10. The van der Waals surface area contributed by atoms with Crippen molar-refractivity contribution in [1.29, 1.82) is 0 Å².